The number of rotatable bonds is 7. The first-order chi connectivity index (χ1) is 9.63. The van der Waals surface area contributed by atoms with Crippen LogP contribution >= 0.6 is 24.0 Å². The Morgan fingerprint density at radius 1 is 1.19 bits per heavy atom. The predicted molar refractivity (Wildman–Crippen MR) is 101 cm³/mol. The number of halogens is 1. The van der Waals surface area contributed by atoms with Gasteiger partial charge in [0.2, 0.25) is 0 Å². The summed E-state index contributed by atoms with van der Waals surface area (Å²) in [4.78, 5) is 4.19. The van der Waals surface area contributed by atoms with Crippen LogP contribution in [0, 0.1) is 12.8 Å². The van der Waals surface area contributed by atoms with E-state index in [1.807, 2.05) is 18.2 Å². The van der Waals surface area contributed by atoms with E-state index in [9.17, 15) is 0 Å². The lowest BCUT2D eigenvalue weighted by Gasteiger charge is -2.13. The summed E-state index contributed by atoms with van der Waals surface area (Å²) < 4.78 is 5.73. The Bertz CT molecular complexity index is 422. The van der Waals surface area contributed by atoms with E-state index < -0.39 is 0 Å². The third kappa shape index (κ3) is 8.80. The number of benzene rings is 1. The number of para-hydroxylation sites is 1. The molecule has 1 aromatic rings. The normalized spacial score (nSPS) is 11.0. The maximum atomic E-state index is 5.73. The number of aliphatic imine (C=N–C) groups is 1. The molecule has 1 rings (SSSR count). The van der Waals surface area contributed by atoms with Crippen LogP contribution in [0.1, 0.15) is 25.8 Å². The molecule has 0 radical (unpaired) electrons. The summed E-state index contributed by atoms with van der Waals surface area (Å²) in [6.07, 6.45) is 1.14. The van der Waals surface area contributed by atoms with Crippen molar-refractivity contribution in [1.29, 1.82) is 0 Å². The van der Waals surface area contributed by atoms with Gasteiger partial charge in [0.1, 0.15) is 12.4 Å². The first kappa shape index (κ1) is 20.0. The molecule has 2 N–H and O–H groups in total. The minimum absolute atomic E-state index is 0. The van der Waals surface area contributed by atoms with Crippen molar-refractivity contribution < 1.29 is 4.74 Å². The molecule has 0 saturated heterocycles. The summed E-state index contributed by atoms with van der Waals surface area (Å²) in [7, 11) is 1.78. The van der Waals surface area contributed by atoms with Gasteiger partial charge in [-0.05, 0) is 30.9 Å². The fourth-order valence-electron chi connectivity index (χ4n) is 1.75. The van der Waals surface area contributed by atoms with E-state index in [0.29, 0.717) is 12.5 Å². The number of hydrogen-bond acceptors (Lipinski definition) is 2. The molecule has 5 heteroatoms. The topological polar surface area (TPSA) is 45.7 Å². The summed E-state index contributed by atoms with van der Waals surface area (Å²) in [5, 5.41) is 6.54. The zero-order chi connectivity index (χ0) is 14.8. The predicted octanol–water partition coefficient (Wildman–Crippen LogP) is 3.20. The van der Waals surface area contributed by atoms with Crippen LogP contribution in [-0.4, -0.2) is 32.7 Å². The Labute approximate surface area is 145 Å². The molecular formula is C16H28IN3O. The molecule has 1 aromatic carbocycles. The van der Waals surface area contributed by atoms with Crippen LogP contribution in [0.15, 0.2) is 29.3 Å². The minimum atomic E-state index is 0. The monoisotopic (exact) mass is 405 g/mol. The zero-order valence-corrected chi connectivity index (χ0v) is 15.8. The van der Waals surface area contributed by atoms with Crippen LogP contribution in [0.5, 0.6) is 5.75 Å². The summed E-state index contributed by atoms with van der Waals surface area (Å²) in [6.45, 7) is 8.78. The molecule has 0 saturated carbocycles. The van der Waals surface area contributed by atoms with Crippen LogP contribution in [0.2, 0.25) is 0 Å². The number of aryl methyl sites for hydroxylation is 1. The Morgan fingerprint density at radius 2 is 1.86 bits per heavy atom. The SMILES string of the molecule is CN=C(NCCOc1ccccc1C)NCCC(C)C.I. The summed E-state index contributed by atoms with van der Waals surface area (Å²) in [6, 6.07) is 8.04. The highest BCUT2D eigenvalue weighted by Crippen LogP contribution is 2.15. The van der Waals surface area contributed by atoms with Gasteiger partial charge < -0.3 is 15.4 Å². The maximum Gasteiger partial charge on any atom is 0.191 e. The highest BCUT2D eigenvalue weighted by atomic mass is 127. The third-order valence-electron chi connectivity index (χ3n) is 2.98. The fourth-order valence-corrected chi connectivity index (χ4v) is 1.75. The van der Waals surface area contributed by atoms with Gasteiger partial charge in [0.05, 0.1) is 6.54 Å². The van der Waals surface area contributed by atoms with Crippen molar-refractivity contribution in [2.75, 3.05) is 26.7 Å². The van der Waals surface area contributed by atoms with E-state index in [1.165, 1.54) is 0 Å². The maximum absolute atomic E-state index is 5.73. The van der Waals surface area contributed by atoms with Crippen LogP contribution < -0.4 is 15.4 Å². The molecule has 21 heavy (non-hydrogen) atoms. The van der Waals surface area contributed by atoms with Gasteiger partial charge >= 0.3 is 0 Å². The Hall–Kier alpha value is -0.980. The zero-order valence-electron chi connectivity index (χ0n) is 13.5. The molecule has 120 valence electrons. The average Bonchev–Trinajstić information content (AvgIpc) is 2.43. The molecule has 0 aromatic heterocycles. The van der Waals surface area contributed by atoms with E-state index in [4.69, 9.17) is 4.74 Å². The third-order valence-corrected chi connectivity index (χ3v) is 2.98. The van der Waals surface area contributed by atoms with Crippen molar-refractivity contribution in [3.63, 3.8) is 0 Å². The van der Waals surface area contributed by atoms with Gasteiger partial charge in [0, 0.05) is 13.6 Å². The molecule has 0 aliphatic rings. The van der Waals surface area contributed by atoms with Crippen molar-refractivity contribution in [2.45, 2.75) is 27.2 Å². The molecule has 0 aliphatic heterocycles. The lowest BCUT2D eigenvalue weighted by molar-refractivity contribution is 0.320. The second kappa shape index (κ2) is 11.7. The lowest BCUT2D eigenvalue weighted by atomic mass is 10.1. The van der Waals surface area contributed by atoms with Gasteiger partial charge in [-0.2, -0.15) is 0 Å². The van der Waals surface area contributed by atoms with Crippen molar-refractivity contribution in [3.8, 4) is 5.75 Å². The van der Waals surface area contributed by atoms with Gasteiger partial charge in [-0.15, -0.1) is 24.0 Å². The summed E-state index contributed by atoms with van der Waals surface area (Å²) >= 11 is 0. The minimum Gasteiger partial charge on any atom is -0.491 e. The van der Waals surface area contributed by atoms with Crippen LogP contribution in [-0.2, 0) is 0 Å². The highest BCUT2D eigenvalue weighted by Gasteiger charge is 2.00. The number of ether oxygens (including phenoxy) is 1. The van der Waals surface area contributed by atoms with Crippen molar-refractivity contribution in [1.82, 2.24) is 10.6 Å². The fraction of sp³-hybridized carbons (Fsp3) is 0.562. The van der Waals surface area contributed by atoms with Crippen molar-refractivity contribution in [3.05, 3.63) is 29.8 Å². The standard InChI is InChI=1S/C16H27N3O.HI/c1-13(2)9-10-18-16(17-4)19-11-12-20-15-8-6-5-7-14(15)3;/h5-8,13H,9-12H2,1-4H3,(H2,17,18,19);1H. The Morgan fingerprint density at radius 3 is 2.48 bits per heavy atom. The van der Waals surface area contributed by atoms with Gasteiger partial charge in [0.15, 0.2) is 5.96 Å². The number of nitrogens with zero attached hydrogens (tertiary/aromatic N) is 1. The van der Waals surface area contributed by atoms with Crippen LogP contribution in [0.3, 0.4) is 0 Å². The molecule has 0 aliphatic carbocycles. The highest BCUT2D eigenvalue weighted by molar-refractivity contribution is 14.0. The van der Waals surface area contributed by atoms with Crippen LogP contribution in [0.25, 0.3) is 0 Å². The molecule has 0 heterocycles. The Kier molecular flexibility index (Phi) is 11.1. The van der Waals surface area contributed by atoms with E-state index in [-0.39, 0.29) is 24.0 Å². The quantitative estimate of drug-likeness (QED) is 0.317. The summed E-state index contributed by atoms with van der Waals surface area (Å²) in [5.74, 6) is 2.47. The van der Waals surface area contributed by atoms with E-state index in [1.54, 1.807) is 7.05 Å². The molecule has 4 nitrogen and oxygen atoms in total. The van der Waals surface area contributed by atoms with Gasteiger partial charge in [-0.3, -0.25) is 4.99 Å². The van der Waals surface area contributed by atoms with Crippen LogP contribution in [0.4, 0.5) is 0 Å². The molecule has 0 amide bonds. The number of guanidine groups is 1. The van der Waals surface area contributed by atoms with Crippen molar-refractivity contribution in [2.24, 2.45) is 10.9 Å². The molecule has 0 unspecified atom stereocenters. The van der Waals surface area contributed by atoms with Gasteiger partial charge in [-0.1, -0.05) is 32.0 Å². The Balaban J connectivity index is 0.00000400. The first-order valence-corrected chi connectivity index (χ1v) is 7.26. The molecule has 0 bridgehead atoms. The summed E-state index contributed by atoms with van der Waals surface area (Å²) in [5.41, 5.74) is 1.16. The molecular weight excluding hydrogens is 377 g/mol. The number of nitrogens with one attached hydrogen (secondary N) is 2. The second-order valence-electron chi connectivity index (χ2n) is 5.22. The van der Waals surface area contributed by atoms with Gasteiger partial charge in [-0.25, -0.2) is 0 Å². The molecule has 0 fully saturated rings. The smallest absolute Gasteiger partial charge is 0.191 e. The van der Waals surface area contributed by atoms with E-state index in [0.717, 1.165) is 36.8 Å². The van der Waals surface area contributed by atoms with E-state index >= 15 is 0 Å². The largest absolute Gasteiger partial charge is 0.491 e. The van der Waals surface area contributed by atoms with Crippen molar-refractivity contribution >= 4 is 29.9 Å². The average molecular weight is 405 g/mol. The number of hydrogen-bond donors (Lipinski definition) is 2. The van der Waals surface area contributed by atoms with E-state index in [2.05, 4.69) is 42.5 Å². The molecule has 0 atom stereocenters. The van der Waals surface area contributed by atoms with Gasteiger partial charge in [0.25, 0.3) is 0 Å². The molecule has 0 spiro atoms. The lowest BCUT2D eigenvalue weighted by Crippen LogP contribution is -2.39. The first-order valence-electron chi connectivity index (χ1n) is 7.26. The second-order valence-corrected chi connectivity index (χ2v) is 5.22.